The van der Waals surface area contributed by atoms with Crippen molar-refractivity contribution in [2.75, 3.05) is 17.3 Å². The van der Waals surface area contributed by atoms with E-state index < -0.39 is 21.4 Å². The molecule has 1 aromatic heterocycles. The van der Waals surface area contributed by atoms with Crippen LogP contribution in [0.15, 0.2) is 27.4 Å². The molecule has 1 fully saturated rings. The number of esters is 1. The normalized spacial score (nSPS) is 18.9. The maximum atomic E-state index is 12.0. The van der Waals surface area contributed by atoms with Gasteiger partial charge in [-0.1, -0.05) is 12.1 Å². The molecule has 0 amide bonds. The van der Waals surface area contributed by atoms with E-state index in [0.29, 0.717) is 17.6 Å². The Morgan fingerprint density at radius 3 is 2.81 bits per heavy atom. The molecule has 0 unspecified atom stereocenters. The minimum atomic E-state index is -2.95. The zero-order valence-corrected chi connectivity index (χ0v) is 16.2. The van der Waals surface area contributed by atoms with Crippen LogP contribution < -0.4 is 5.63 Å². The third-order valence-corrected chi connectivity index (χ3v) is 7.79. The fourth-order valence-corrected chi connectivity index (χ4v) is 6.36. The molecule has 0 radical (unpaired) electrons. The van der Waals surface area contributed by atoms with Crippen molar-refractivity contribution in [2.45, 2.75) is 32.1 Å². The molecule has 2 aromatic rings. The number of carbonyl (C=O) groups excluding carboxylic acids is 1. The number of ether oxygens (including phenoxy) is 1. The number of thioether (sulfide) groups is 1. The molecule has 0 spiro atoms. The summed E-state index contributed by atoms with van der Waals surface area (Å²) in [6.07, 6.45) is 0.573. The van der Waals surface area contributed by atoms with Crippen LogP contribution in [0.2, 0.25) is 0 Å². The predicted octanol–water partition coefficient (Wildman–Crippen LogP) is 2.37. The van der Waals surface area contributed by atoms with E-state index in [1.807, 2.05) is 26.0 Å². The van der Waals surface area contributed by atoms with Gasteiger partial charge in [-0.25, -0.2) is 13.2 Å². The molecule has 1 aliphatic rings. The molecule has 0 N–H and O–H groups in total. The Balaban J connectivity index is 1.65. The summed E-state index contributed by atoms with van der Waals surface area (Å²) >= 11 is 1.31. The van der Waals surface area contributed by atoms with Gasteiger partial charge < -0.3 is 9.15 Å². The molecule has 0 aliphatic carbocycles. The van der Waals surface area contributed by atoms with E-state index in [-0.39, 0.29) is 29.1 Å². The molecule has 6 nitrogen and oxygen atoms in total. The van der Waals surface area contributed by atoms with Gasteiger partial charge in [0.25, 0.3) is 0 Å². The van der Waals surface area contributed by atoms with E-state index in [4.69, 9.17) is 9.15 Å². The van der Waals surface area contributed by atoms with Crippen molar-refractivity contribution >= 4 is 38.5 Å². The predicted molar refractivity (Wildman–Crippen MR) is 101 cm³/mol. The van der Waals surface area contributed by atoms with E-state index in [1.54, 1.807) is 0 Å². The molecular weight excluding hydrogens is 376 g/mol. The van der Waals surface area contributed by atoms with Gasteiger partial charge in [0.2, 0.25) is 0 Å². The Bertz CT molecular complexity index is 1010. The summed E-state index contributed by atoms with van der Waals surface area (Å²) in [7, 11) is -2.95. The Kier molecular flexibility index (Phi) is 5.43. The number of benzene rings is 1. The van der Waals surface area contributed by atoms with Crippen LogP contribution in [-0.4, -0.2) is 36.9 Å². The van der Waals surface area contributed by atoms with Crippen LogP contribution in [-0.2, 0) is 26.0 Å². The summed E-state index contributed by atoms with van der Waals surface area (Å²) in [6, 6.07) is 5.11. The summed E-state index contributed by atoms with van der Waals surface area (Å²) in [5.74, 6) is -0.0277. The zero-order chi connectivity index (χ0) is 18.9. The van der Waals surface area contributed by atoms with Gasteiger partial charge in [0.1, 0.15) is 12.2 Å². The number of rotatable bonds is 5. The van der Waals surface area contributed by atoms with E-state index in [9.17, 15) is 18.0 Å². The SMILES string of the molecule is Cc1ccc2c(COC(=O)CS[C@@H]3CCS(=O)(=O)C3)cc(=O)oc2c1C. The van der Waals surface area contributed by atoms with Gasteiger partial charge >= 0.3 is 11.6 Å². The van der Waals surface area contributed by atoms with Crippen molar-refractivity contribution in [3.8, 4) is 0 Å². The monoisotopic (exact) mass is 396 g/mol. The van der Waals surface area contributed by atoms with Crippen LogP contribution in [0.3, 0.4) is 0 Å². The van der Waals surface area contributed by atoms with Crippen LogP contribution >= 0.6 is 11.8 Å². The van der Waals surface area contributed by atoms with Crippen molar-refractivity contribution in [3.63, 3.8) is 0 Å². The lowest BCUT2D eigenvalue weighted by atomic mass is 10.0. The maximum absolute atomic E-state index is 12.0. The third-order valence-electron chi connectivity index (χ3n) is 4.53. The van der Waals surface area contributed by atoms with Gasteiger partial charge in [-0.15, -0.1) is 11.8 Å². The average Bonchev–Trinajstić information content (AvgIpc) is 2.93. The minimum Gasteiger partial charge on any atom is -0.460 e. The number of hydrogen-bond donors (Lipinski definition) is 0. The van der Waals surface area contributed by atoms with Crippen molar-refractivity contribution in [1.82, 2.24) is 0 Å². The Morgan fingerprint density at radius 2 is 2.12 bits per heavy atom. The molecule has 8 heteroatoms. The number of sulfone groups is 1. The summed E-state index contributed by atoms with van der Waals surface area (Å²) in [5.41, 5.74) is 2.52. The molecule has 1 aromatic carbocycles. The lowest BCUT2D eigenvalue weighted by molar-refractivity contribution is -0.141. The quantitative estimate of drug-likeness (QED) is 0.566. The fourth-order valence-electron chi connectivity index (χ4n) is 2.92. The highest BCUT2D eigenvalue weighted by Gasteiger charge is 2.28. The van der Waals surface area contributed by atoms with Crippen molar-refractivity contribution in [3.05, 3.63) is 45.3 Å². The fraction of sp³-hybridized carbons (Fsp3) is 0.444. The average molecular weight is 396 g/mol. The lowest BCUT2D eigenvalue weighted by Gasteiger charge is -2.10. The van der Waals surface area contributed by atoms with Crippen LogP contribution in [0.1, 0.15) is 23.1 Å². The highest BCUT2D eigenvalue weighted by Crippen LogP contribution is 2.25. The summed E-state index contributed by atoms with van der Waals surface area (Å²) in [5, 5.41) is 0.692. The van der Waals surface area contributed by atoms with Gasteiger partial charge in [-0.2, -0.15) is 0 Å². The molecule has 140 valence electrons. The summed E-state index contributed by atoms with van der Waals surface area (Å²) < 4.78 is 33.5. The molecule has 2 heterocycles. The van der Waals surface area contributed by atoms with Crippen LogP contribution in [0.5, 0.6) is 0 Å². The van der Waals surface area contributed by atoms with Gasteiger partial charge in [-0.3, -0.25) is 4.79 Å². The lowest BCUT2D eigenvalue weighted by Crippen LogP contribution is -2.13. The zero-order valence-electron chi connectivity index (χ0n) is 14.6. The van der Waals surface area contributed by atoms with E-state index in [2.05, 4.69) is 0 Å². The van der Waals surface area contributed by atoms with Crippen molar-refractivity contribution in [1.29, 1.82) is 0 Å². The molecule has 0 bridgehead atoms. The summed E-state index contributed by atoms with van der Waals surface area (Å²) in [6.45, 7) is 3.79. The highest BCUT2D eigenvalue weighted by atomic mass is 32.2. The number of carbonyl (C=O) groups is 1. The topological polar surface area (TPSA) is 90.7 Å². The first-order valence-corrected chi connectivity index (χ1v) is 11.1. The number of hydrogen-bond acceptors (Lipinski definition) is 7. The van der Waals surface area contributed by atoms with Crippen LogP contribution in [0.25, 0.3) is 11.0 Å². The Hall–Kier alpha value is -1.80. The highest BCUT2D eigenvalue weighted by molar-refractivity contribution is 8.02. The molecule has 3 rings (SSSR count). The second-order valence-corrected chi connectivity index (χ2v) is 9.99. The minimum absolute atomic E-state index is 0.0209. The van der Waals surface area contributed by atoms with E-state index in [1.165, 1.54) is 17.8 Å². The van der Waals surface area contributed by atoms with Crippen molar-refractivity contribution < 1.29 is 22.4 Å². The molecule has 1 atom stereocenters. The molecule has 1 saturated heterocycles. The van der Waals surface area contributed by atoms with Crippen molar-refractivity contribution in [2.24, 2.45) is 0 Å². The largest absolute Gasteiger partial charge is 0.460 e. The molecule has 1 aliphatic heterocycles. The Labute approximate surface area is 155 Å². The van der Waals surface area contributed by atoms with Gasteiger partial charge in [0.05, 0.1) is 17.3 Å². The summed E-state index contributed by atoms with van der Waals surface area (Å²) in [4.78, 5) is 23.8. The van der Waals surface area contributed by atoms with Crippen LogP contribution in [0, 0.1) is 13.8 Å². The van der Waals surface area contributed by atoms with Gasteiger partial charge in [0.15, 0.2) is 9.84 Å². The van der Waals surface area contributed by atoms with E-state index in [0.717, 1.165) is 16.5 Å². The van der Waals surface area contributed by atoms with E-state index >= 15 is 0 Å². The third kappa shape index (κ3) is 4.29. The first-order chi connectivity index (χ1) is 12.2. The second kappa shape index (κ2) is 7.44. The number of aryl methyl sites for hydroxylation is 2. The van der Waals surface area contributed by atoms with Gasteiger partial charge in [0, 0.05) is 22.3 Å². The molecule has 26 heavy (non-hydrogen) atoms. The molecule has 0 saturated carbocycles. The Morgan fingerprint density at radius 1 is 1.35 bits per heavy atom. The second-order valence-electron chi connectivity index (χ2n) is 6.47. The van der Waals surface area contributed by atoms with Gasteiger partial charge in [-0.05, 0) is 31.4 Å². The number of fused-ring (bicyclic) bond motifs is 1. The standard InChI is InChI=1S/C18H20O6S2/c1-11-3-4-15-13(7-16(19)24-18(15)12(11)2)8-23-17(20)9-25-14-5-6-26(21,22)10-14/h3-4,7,14H,5-6,8-10H2,1-2H3/t14-/m1/s1. The maximum Gasteiger partial charge on any atom is 0.336 e. The first kappa shape index (κ1) is 19.0. The first-order valence-electron chi connectivity index (χ1n) is 8.26. The molecular formula is C18H20O6S2. The smallest absolute Gasteiger partial charge is 0.336 e. The van der Waals surface area contributed by atoms with Crippen LogP contribution in [0.4, 0.5) is 0 Å².